The molecule has 1 heterocycles. The van der Waals surface area contributed by atoms with Crippen molar-refractivity contribution in [1.29, 1.82) is 0 Å². The van der Waals surface area contributed by atoms with E-state index in [0.29, 0.717) is 18.3 Å². The number of hydrogen-bond donors (Lipinski definition) is 1. The zero-order chi connectivity index (χ0) is 12.5. The van der Waals surface area contributed by atoms with Crippen LogP contribution in [0.4, 0.5) is 0 Å². The van der Waals surface area contributed by atoms with Crippen LogP contribution in [0.15, 0.2) is 5.38 Å². The SMILES string of the molecule is O=C(Cc1nc(CCl)cs1)NC1CC2CCC1C2. The monoisotopic (exact) mass is 284 g/mol. The molecular formula is C13H17ClN2OS. The zero-order valence-corrected chi connectivity index (χ0v) is 11.8. The highest BCUT2D eigenvalue weighted by molar-refractivity contribution is 7.09. The van der Waals surface area contributed by atoms with E-state index in [0.717, 1.165) is 22.5 Å². The standard InChI is InChI=1S/C13H17ClN2OS/c14-6-10-7-18-13(15-10)5-12(17)16-11-4-8-1-2-9(11)3-8/h7-9,11H,1-6H2,(H,16,17). The van der Waals surface area contributed by atoms with Crippen LogP contribution in [0, 0.1) is 11.8 Å². The van der Waals surface area contributed by atoms with Crippen LogP contribution in [0.5, 0.6) is 0 Å². The first kappa shape index (κ1) is 12.4. The first-order valence-corrected chi connectivity index (χ1v) is 7.94. The van der Waals surface area contributed by atoms with E-state index in [-0.39, 0.29) is 5.91 Å². The van der Waals surface area contributed by atoms with Gasteiger partial charge in [0.1, 0.15) is 5.01 Å². The second-order valence-corrected chi connectivity index (χ2v) is 6.60. The largest absolute Gasteiger partial charge is 0.353 e. The molecule has 1 amide bonds. The fourth-order valence-corrected chi connectivity index (χ4v) is 4.33. The lowest BCUT2D eigenvalue weighted by molar-refractivity contribution is -0.121. The molecule has 0 radical (unpaired) electrons. The molecule has 0 aliphatic heterocycles. The van der Waals surface area contributed by atoms with E-state index in [9.17, 15) is 4.79 Å². The van der Waals surface area contributed by atoms with Gasteiger partial charge in [-0.05, 0) is 31.1 Å². The number of nitrogens with one attached hydrogen (secondary N) is 1. The highest BCUT2D eigenvalue weighted by Gasteiger charge is 2.40. The maximum absolute atomic E-state index is 12.0. The summed E-state index contributed by atoms with van der Waals surface area (Å²) < 4.78 is 0. The van der Waals surface area contributed by atoms with Crippen molar-refractivity contribution >= 4 is 28.8 Å². The van der Waals surface area contributed by atoms with Gasteiger partial charge in [0.25, 0.3) is 0 Å². The van der Waals surface area contributed by atoms with Gasteiger partial charge in [0.05, 0.1) is 18.0 Å². The minimum atomic E-state index is 0.114. The number of rotatable bonds is 4. The van der Waals surface area contributed by atoms with E-state index in [2.05, 4.69) is 10.3 Å². The van der Waals surface area contributed by atoms with Crippen molar-refractivity contribution in [2.24, 2.45) is 11.8 Å². The third-order valence-electron chi connectivity index (χ3n) is 4.13. The van der Waals surface area contributed by atoms with E-state index in [1.54, 1.807) is 0 Å². The van der Waals surface area contributed by atoms with E-state index in [1.807, 2.05) is 5.38 Å². The summed E-state index contributed by atoms with van der Waals surface area (Å²) in [5, 5.41) is 5.97. The van der Waals surface area contributed by atoms with Crippen LogP contribution in [0.3, 0.4) is 0 Å². The lowest BCUT2D eigenvalue weighted by Crippen LogP contribution is -2.39. The lowest BCUT2D eigenvalue weighted by atomic mass is 9.95. The van der Waals surface area contributed by atoms with Gasteiger partial charge in [-0.1, -0.05) is 6.42 Å². The molecule has 2 fully saturated rings. The number of thiazole rings is 1. The van der Waals surface area contributed by atoms with Crippen molar-refractivity contribution in [3.63, 3.8) is 0 Å². The Labute approximate surface area is 116 Å². The Bertz CT molecular complexity index is 448. The summed E-state index contributed by atoms with van der Waals surface area (Å²) in [7, 11) is 0. The van der Waals surface area contributed by atoms with Crippen LogP contribution in [0.2, 0.25) is 0 Å². The Morgan fingerprint density at radius 2 is 2.39 bits per heavy atom. The summed E-state index contributed by atoms with van der Waals surface area (Å²) >= 11 is 7.22. The third-order valence-corrected chi connectivity index (χ3v) is 5.30. The number of amides is 1. The normalized spacial score (nSPS) is 29.7. The lowest BCUT2D eigenvalue weighted by Gasteiger charge is -2.22. The second kappa shape index (κ2) is 5.17. The molecule has 2 aliphatic rings. The van der Waals surface area contributed by atoms with Gasteiger partial charge in [-0.15, -0.1) is 22.9 Å². The zero-order valence-electron chi connectivity index (χ0n) is 10.2. The van der Waals surface area contributed by atoms with Crippen molar-refractivity contribution in [2.75, 3.05) is 0 Å². The first-order valence-electron chi connectivity index (χ1n) is 6.53. The fraction of sp³-hybridized carbons (Fsp3) is 0.692. The molecule has 2 bridgehead atoms. The highest BCUT2D eigenvalue weighted by Crippen LogP contribution is 2.44. The predicted octanol–water partition coefficient (Wildman–Crippen LogP) is 2.73. The molecule has 0 aromatic carbocycles. The summed E-state index contributed by atoms with van der Waals surface area (Å²) in [6, 6.07) is 0.420. The van der Waals surface area contributed by atoms with Crippen LogP contribution in [0.25, 0.3) is 0 Å². The topological polar surface area (TPSA) is 42.0 Å². The summed E-state index contributed by atoms with van der Waals surface area (Å²) in [5.74, 6) is 2.13. The third kappa shape index (κ3) is 2.54. The van der Waals surface area contributed by atoms with Crippen LogP contribution < -0.4 is 5.32 Å². The number of alkyl halides is 1. The smallest absolute Gasteiger partial charge is 0.227 e. The summed E-state index contributed by atoms with van der Waals surface area (Å²) in [4.78, 5) is 16.3. The number of nitrogens with zero attached hydrogens (tertiary/aromatic N) is 1. The number of carbonyl (C=O) groups is 1. The maximum atomic E-state index is 12.0. The average molecular weight is 285 g/mol. The maximum Gasteiger partial charge on any atom is 0.227 e. The number of carbonyl (C=O) groups excluding carboxylic acids is 1. The minimum absolute atomic E-state index is 0.114. The Hall–Kier alpha value is -0.610. The van der Waals surface area contributed by atoms with E-state index in [1.165, 1.54) is 37.0 Å². The minimum Gasteiger partial charge on any atom is -0.353 e. The molecule has 0 spiro atoms. The molecule has 0 saturated heterocycles. The molecule has 1 N–H and O–H groups in total. The molecule has 98 valence electrons. The Morgan fingerprint density at radius 1 is 1.50 bits per heavy atom. The summed E-state index contributed by atoms with van der Waals surface area (Å²) in [6.07, 6.45) is 5.56. The Morgan fingerprint density at radius 3 is 3.00 bits per heavy atom. The highest BCUT2D eigenvalue weighted by atomic mass is 35.5. The molecular weight excluding hydrogens is 268 g/mol. The molecule has 18 heavy (non-hydrogen) atoms. The van der Waals surface area contributed by atoms with E-state index >= 15 is 0 Å². The number of fused-ring (bicyclic) bond motifs is 2. The van der Waals surface area contributed by atoms with E-state index < -0.39 is 0 Å². The molecule has 2 saturated carbocycles. The van der Waals surface area contributed by atoms with Crippen LogP contribution in [-0.4, -0.2) is 16.9 Å². The predicted molar refractivity (Wildman–Crippen MR) is 72.8 cm³/mol. The molecule has 3 nitrogen and oxygen atoms in total. The second-order valence-electron chi connectivity index (χ2n) is 5.39. The number of hydrogen-bond acceptors (Lipinski definition) is 3. The van der Waals surface area contributed by atoms with Gasteiger partial charge < -0.3 is 5.32 Å². The van der Waals surface area contributed by atoms with Gasteiger partial charge in [-0.2, -0.15) is 0 Å². The molecule has 5 heteroatoms. The number of halogens is 1. The van der Waals surface area contributed by atoms with E-state index in [4.69, 9.17) is 11.6 Å². The van der Waals surface area contributed by atoms with Crippen molar-refractivity contribution in [3.8, 4) is 0 Å². The number of aromatic nitrogens is 1. The van der Waals surface area contributed by atoms with Crippen LogP contribution in [0.1, 0.15) is 36.4 Å². The van der Waals surface area contributed by atoms with Gasteiger partial charge in [-0.3, -0.25) is 4.79 Å². The quantitative estimate of drug-likeness (QED) is 0.864. The van der Waals surface area contributed by atoms with Crippen molar-refractivity contribution in [2.45, 2.75) is 44.0 Å². The molecule has 3 unspecified atom stereocenters. The van der Waals surface area contributed by atoms with Crippen molar-refractivity contribution in [1.82, 2.24) is 10.3 Å². The Balaban J connectivity index is 1.52. The van der Waals surface area contributed by atoms with Gasteiger partial charge in [0.15, 0.2) is 0 Å². The van der Waals surface area contributed by atoms with Crippen LogP contribution in [-0.2, 0) is 17.1 Å². The molecule has 3 rings (SSSR count). The summed E-state index contributed by atoms with van der Waals surface area (Å²) in [5.41, 5.74) is 0.865. The molecule has 3 atom stereocenters. The van der Waals surface area contributed by atoms with Crippen molar-refractivity contribution in [3.05, 3.63) is 16.1 Å². The van der Waals surface area contributed by atoms with Gasteiger partial charge in [0, 0.05) is 11.4 Å². The van der Waals surface area contributed by atoms with Gasteiger partial charge in [-0.25, -0.2) is 4.98 Å². The molecule has 2 aliphatic carbocycles. The summed E-state index contributed by atoms with van der Waals surface area (Å²) in [6.45, 7) is 0. The Kier molecular flexibility index (Phi) is 3.57. The molecule has 1 aromatic rings. The van der Waals surface area contributed by atoms with Crippen molar-refractivity contribution < 1.29 is 4.79 Å². The van der Waals surface area contributed by atoms with Gasteiger partial charge >= 0.3 is 0 Å². The molecule has 1 aromatic heterocycles. The first-order chi connectivity index (χ1) is 8.74. The van der Waals surface area contributed by atoms with Crippen LogP contribution >= 0.6 is 22.9 Å². The average Bonchev–Trinajstić information content (AvgIpc) is 3.04. The fourth-order valence-electron chi connectivity index (χ4n) is 3.31. The van der Waals surface area contributed by atoms with Gasteiger partial charge in [0.2, 0.25) is 5.91 Å².